The minimum absolute atomic E-state index is 0.450. The molecule has 4 aromatic heterocycles. The van der Waals surface area contributed by atoms with Crippen molar-refractivity contribution in [2.45, 2.75) is 26.8 Å². The molecule has 1 fully saturated rings. The Labute approximate surface area is 193 Å². The second-order valence-electron chi connectivity index (χ2n) is 8.74. The van der Waals surface area contributed by atoms with Gasteiger partial charge in [0.1, 0.15) is 23.1 Å². The molecule has 0 amide bonds. The van der Waals surface area contributed by atoms with E-state index in [-0.39, 0.29) is 0 Å². The van der Waals surface area contributed by atoms with Crippen LogP contribution in [-0.4, -0.2) is 62.0 Å². The van der Waals surface area contributed by atoms with Crippen molar-refractivity contribution in [2.75, 3.05) is 42.2 Å². The molecule has 1 saturated heterocycles. The number of anilines is 5. The van der Waals surface area contributed by atoms with E-state index in [1.54, 1.807) is 6.20 Å². The van der Waals surface area contributed by atoms with Gasteiger partial charge >= 0.3 is 0 Å². The Kier molecular flexibility index (Phi) is 5.55. The normalized spacial score (nSPS) is 16.8. The SMILES string of the molecule is Cc1cc(C)nc(Nc2nc(Nc3ccn4ccnc4c3)cc(N3CCN(C)[C@@H](C)C3)n2)c1. The van der Waals surface area contributed by atoms with Crippen molar-refractivity contribution in [2.24, 2.45) is 0 Å². The minimum Gasteiger partial charge on any atom is -0.354 e. The molecular weight excluding hydrogens is 414 g/mol. The molecule has 0 aliphatic carbocycles. The van der Waals surface area contributed by atoms with Gasteiger partial charge in [-0.2, -0.15) is 9.97 Å². The van der Waals surface area contributed by atoms with Gasteiger partial charge in [0.15, 0.2) is 0 Å². The van der Waals surface area contributed by atoms with Crippen LogP contribution in [0.5, 0.6) is 0 Å². The first-order valence-corrected chi connectivity index (χ1v) is 11.2. The highest BCUT2D eigenvalue weighted by Crippen LogP contribution is 2.25. The van der Waals surface area contributed by atoms with Crippen molar-refractivity contribution in [1.29, 1.82) is 0 Å². The van der Waals surface area contributed by atoms with Crippen molar-refractivity contribution in [3.63, 3.8) is 0 Å². The number of aryl methyl sites for hydroxylation is 2. The molecule has 170 valence electrons. The number of rotatable bonds is 5. The Morgan fingerprint density at radius 2 is 1.79 bits per heavy atom. The molecule has 9 nitrogen and oxygen atoms in total. The zero-order valence-corrected chi connectivity index (χ0v) is 19.4. The van der Waals surface area contributed by atoms with Crippen molar-refractivity contribution in [1.82, 2.24) is 29.2 Å². The molecule has 0 aromatic carbocycles. The maximum Gasteiger partial charge on any atom is 0.232 e. The predicted octanol–water partition coefficient (Wildman–Crippen LogP) is 3.76. The van der Waals surface area contributed by atoms with Crippen LogP contribution in [0.25, 0.3) is 5.65 Å². The van der Waals surface area contributed by atoms with Crippen molar-refractivity contribution in [3.05, 3.63) is 60.2 Å². The fourth-order valence-electron chi connectivity index (χ4n) is 4.13. The number of aromatic nitrogens is 5. The van der Waals surface area contributed by atoms with Crippen LogP contribution in [0.1, 0.15) is 18.2 Å². The van der Waals surface area contributed by atoms with Crippen LogP contribution in [0.2, 0.25) is 0 Å². The molecule has 1 aliphatic rings. The maximum absolute atomic E-state index is 4.84. The van der Waals surface area contributed by atoms with Gasteiger partial charge in [0.05, 0.1) is 0 Å². The predicted molar refractivity (Wildman–Crippen MR) is 132 cm³/mol. The number of imidazole rings is 1. The Bertz CT molecular complexity index is 1260. The lowest BCUT2D eigenvalue weighted by atomic mass is 10.2. The second-order valence-corrected chi connectivity index (χ2v) is 8.74. The molecule has 0 unspecified atom stereocenters. The highest BCUT2D eigenvalue weighted by atomic mass is 15.3. The summed E-state index contributed by atoms with van der Waals surface area (Å²) in [5, 5.41) is 6.74. The summed E-state index contributed by atoms with van der Waals surface area (Å²) in [6.45, 7) is 9.10. The molecule has 5 rings (SSSR count). The third kappa shape index (κ3) is 4.73. The monoisotopic (exact) mass is 443 g/mol. The maximum atomic E-state index is 4.84. The van der Waals surface area contributed by atoms with Gasteiger partial charge in [0, 0.05) is 67.8 Å². The molecule has 5 heterocycles. The number of hydrogen-bond donors (Lipinski definition) is 2. The minimum atomic E-state index is 0.450. The van der Waals surface area contributed by atoms with Gasteiger partial charge < -0.3 is 24.8 Å². The second kappa shape index (κ2) is 8.67. The molecule has 2 N–H and O–H groups in total. The first kappa shape index (κ1) is 21.1. The molecule has 33 heavy (non-hydrogen) atoms. The summed E-state index contributed by atoms with van der Waals surface area (Å²) in [6, 6.07) is 10.5. The Hall–Kier alpha value is -3.72. The van der Waals surface area contributed by atoms with Crippen LogP contribution >= 0.6 is 0 Å². The van der Waals surface area contributed by atoms with Gasteiger partial charge in [-0.1, -0.05) is 0 Å². The molecule has 0 spiro atoms. The summed E-state index contributed by atoms with van der Waals surface area (Å²) in [6.07, 6.45) is 5.69. The molecule has 0 radical (unpaired) electrons. The standard InChI is InChI=1S/C24H29N9/c1-16-11-17(2)26-20(12-16)28-24-29-21(27-19-5-7-32-8-6-25-22(32)13-19)14-23(30-24)33-10-9-31(4)18(3)15-33/h5-8,11-14,18H,9-10,15H2,1-4H3,(H2,26,27,28,29,30)/t18-/m0/s1. The average Bonchev–Trinajstić information content (AvgIpc) is 3.23. The average molecular weight is 444 g/mol. The lowest BCUT2D eigenvalue weighted by Crippen LogP contribution is -2.50. The summed E-state index contributed by atoms with van der Waals surface area (Å²) in [7, 11) is 2.17. The van der Waals surface area contributed by atoms with E-state index in [0.717, 1.165) is 59.7 Å². The smallest absolute Gasteiger partial charge is 0.232 e. The van der Waals surface area contributed by atoms with E-state index in [2.05, 4.69) is 51.3 Å². The number of likely N-dealkylation sites (N-methyl/N-ethyl adjacent to an activating group) is 1. The summed E-state index contributed by atoms with van der Waals surface area (Å²) >= 11 is 0. The van der Waals surface area contributed by atoms with E-state index >= 15 is 0 Å². The fourth-order valence-corrected chi connectivity index (χ4v) is 4.13. The lowest BCUT2D eigenvalue weighted by molar-refractivity contribution is 0.233. The van der Waals surface area contributed by atoms with Crippen molar-refractivity contribution in [3.8, 4) is 0 Å². The number of piperazine rings is 1. The summed E-state index contributed by atoms with van der Waals surface area (Å²) < 4.78 is 1.97. The van der Waals surface area contributed by atoms with Gasteiger partial charge in [-0.3, -0.25) is 0 Å². The Morgan fingerprint density at radius 3 is 2.61 bits per heavy atom. The number of nitrogens with zero attached hydrogens (tertiary/aromatic N) is 7. The van der Waals surface area contributed by atoms with Gasteiger partial charge in [-0.25, -0.2) is 9.97 Å². The number of fused-ring (bicyclic) bond motifs is 1. The Morgan fingerprint density at radius 1 is 0.939 bits per heavy atom. The number of pyridine rings is 2. The number of nitrogens with one attached hydrogen (secondary N) is 2. The van der Waals surface area contributed by atoms with E-state index in [4.69, 9.17) is 9.97 Å². The third-order valence-electron chi connectivity index (χ3n) is 6.00. The van der Waals surface area contributed by atoms with Gasteiger partial charge in [-0.15, -0.1) is 0 Å². The van der Waals surface area contributed by atoms with E-state index in [0.29, 0.717) is 12.0 Å². The summed E-state index contributed by atoms with van der Waals surface area (Å²) in [5.74, 6) is 2.86. The Balaban J connectivity index is 1.48. The zero-order valence-electron chi connectivity index (χ0n) is 19.4. The van der Waals surface area contributed by atoms with Gasteiger partial charge in [0.2, 0.25) is 5.95 Å². The first-order chi connectivity index (χ1) is 15.9. The topological polar surface area (TPSA) is 86.5 Å². The number of hydrogen-bond acceptors (Lipinski definition) is 8. The van der Waals surface area contributed by atoms with E-state index < -0.39 is 0 Å². The molecule has 1 atom stereocenters. The van der Waals surface area contributed by atoms with E-state index in [9.17, 15) is 0 Å². The first-order valence-electron chi connectivity index (χ1n) is 11.2. The highest BCUT2D eigenvalue weighted by Gasteiger charge is 2.23. The molecular formula is C24H29N9. The van der Waals surface area contributed by atoms with Crippen LogP contribution in [0.3, 0.4) is 0 Å². The van der Waals surface area contributed by atoms with E-state index in [1.165, 1.54) is 0 Å². The third-order valence-corrected chi connectivity index (χ3v) is 6.00. The van der Waals surface area contributed by atoms with E-state index in [1.807, 2.05) is 54.0 Å². The van der Waals surface area contributed by atoms with Crippen molar-refractivity contribution < 1.29 is 0 Å². The highest BCUT2D eigenvalue weighted by molar-refractivity contribution is 5.66. The fraction of sp³-hybridized carbons (Fsp3) is 0.333. The summed E-state index contributed by atoms with van der Waals surface area (Å²) in [5.41, 5.74) is 3.88. The largest absolute Gasteiger partial charge is 0.354 e. The van der Waals surface area contributed by atoms with Crippen LogP contribution in [-0.2, 0) is 0 Å². The van der Waals surface area contributed by atoms with Crippen LogP contribution in [0.15, 0.2) is 48.9 Å². The van der Waals surface area contributed by atoms with Crippen molar-refractivity contribution >= 4 is 34.7 Å². The quantitative estimate of drug-likeness (QED) is 0.482. The lowest BCUT2D eigenvalue weighted by Gasteiger charge is -2.38. The summed E-state index contributed by atoms with van der Waals surface area (Å²) in [4.78, 5) is 23.2. The van der Waals surface area contributed by atoms with Crippen LogP contribution < -0.4 is 15.5 Å². The zero-order chi connectivity index (χ0) is 22.9. The molecule has 0 saturated carbocycles. The molecule has 9 heteroatoms. The van der Waals surface area contributed by atoms with Crippen LogP contribution in [0.4, 0.5) is 29.1 Å². The molecule has 4 aromatic rings. The molecule has 1 aliphatic heterocycles. The van der Waals surface area contributed by atoms with Gasteiger partial charge in [-0.05, 0) is 51.6 Å². The van der Waals surface area contributed by atoms with Gasteiger partial charge in [0.25, 0.3) is 0 Å². The van der Waals surface area contributed by atoms with Crippen LogP contribution in [0, 0.1) is 13.8 Å². The molecule has 0 bridgehead atoms.